The molecule has 0 aliphatic carbocycles. The number of hydrogen-bond donors (Lipinski definition) is 1. The van der Waals surface area contributed by atoms with Crippen molar-refractivity contribution >= 4 is 5.69 Å². The second-order valence-electron chi connectivity index (χ2n) is 6.78. The van der Waals surface area contributed by atoms with Crippen LogP contribution in [-0.2, 0) is 12.6 Å². The molecular weight excluding hydrogens is 325 g/mol. The second-order valence-corrected chi connectivity index (χ2v) is 6.78. The fraction of sp³-hybridized carbons (Fsp3) is 0.400. The first-order chi connectivity index (χ1) is 11.9. The summed E-state index contributed by atoms with van der Waals surface area (Å²) in [6.45, 7) is 6.11. The zero-order valence-corrected chi connectivity index (χ0v) is 14.4. The third-order valence-electron chi connectivity index (χ3n) is 5.02. The lowest BCUT2D eigenvalue weighted by Gasteiger charge is -2.36. The number of rotatable bonds is 4. The minimum atomic E-state index is -4.27. The van der Waals surface area contributed by atoms with Crippen LogP contribution in [0.2, 0.25) is 0 Å². The number of alkyl halides is 3. The Hall–Kier alpha value is -2.01. The Bertz CT molecular complexity index is 677. The molecule has 0 amide bonds. The van der Waals surface area contributed by atoms with Gasteiger partial charge in [0.1, 0.15) is 0 Å². The molecule has 0 saturated carbocycles. The Morgan fingerprint density at radius 2 is 1.68 bits per heavy atom. The van der Waals surface area contributed by atoms with E-state index in [0.717, 1.165) is 37.8 Å². The maximum atomic E-state index is 12.9. The standard InChI is InChI=1S/C20H23F3N2/c1-16(14-17-6-5-7-18(15-17)20(21,22)23)24-10-12-25(13-11-24)19-8-3-2-4-9-19/h2-9,15-16H,10-14H2,1H3/p+1/t16-/m0/s1. The van der Waals surface area contributed by atoms with Crippen LogP contribution < -0.4 is 9.80 Å². The van der Waals surface area contributed by atoms with E-state index in [0.29, 0.717) is 12.5 Å². The van der Waals surface area contributed by atoms with Crippen LogP contribution in [0, 0.1) is 0 Å². The number of piperazine rings is 1. The smallest absolute Gasteiger partial charge is 0.360 e. The highest BCUT2D eigenvalue weighted by atomic mass is 19.4. The summed E-state index contributed by atoms with van der Waals surface area (Å²) in [5.74, 6) is 0. The first-order valence-electron chi connectivity index (χ1n) is 8.74. The molecule has 0 spiro atoms. The van der Waals surface area contributed by atoms with Gasteiger partial charge in [0, 0.05) is 12.1 Å². The highest BCUT2D eigenvalue weighted by molar-refractivity contribution is 5.46. The molecule has 1 atom stereocenters. The topological polar surface area (TPSA) is 7.68 Å². The predicted molar refractivity (Wildman–Crippen MR) is 94.0 cm³/mol. The van der Waals surface area contributed by atoms with Crippen molar-refractivity contribution in [2.45, 2.75) is 25.6 Å². The van der Waals surface area contributed by atoms with Crippen LogP contribution in [0.25, 0.3) is 0 Å². The SMILES string of the molecule is C[C@@H](Cc1cccc(C(F)(F)F)c1)[NH+]1CCN(c2ccccc2)CC1. The van der Waals surface area contributed by atoms with E-state index in [1.165, 1.54) is 22.7 Å². The molecule has 1 fully saturated rings. The lowest BCUT2D eigenvalue weighted by Crippen LogP contribution is -3.18. The van der Waals surface area contributed by atoms with Crippen molar-refractivity contribution < 1.29 is 18.1 Å². The molecule has 1 aliphatic rings. The molecule has 1 heterocycles. The van der Waals surface area contributed by atoms with Crippen LogP contribution in [0.4, 0.5) is 18.9 Å². The minimum absolute atomic E-state index is 0.307. The zero-order chi connectivity index (χ0) is 17.9. The van der Waals surface area contributed by atoms with Crippen molar-refractivity contribution in [3.63, 3.8) is 0 Å². The molecule has 25 heavy (non-hydrogen) atoms. The van der Waals surface area contributed by atoms with Crippen LogP contribution in [0.3, 0.4) is 0 Å². The molecule has 2 nitrogen and oxygen atoms in total. The normalized spacial score (nSPS) is 17.5. The summed E-state index contributed by atoms with van der Waals surface area (Å²) >= 11 is 0. The van der Waals surface area contributed by atoms with Crippen molar-refractivity contribution in [3.05, 3.63) is 65.7 Å². The fourth-order valence-electron chi connectivity index (χ4n) is 3.56. The van der Waals surface area contributed by atoms with E-state index < -0.39 is 11.7 Å². The third-order valence-corrected chi connectivity index (χ3v) is 5.02. The Balaban J connectivity index is 1.57. The molecule has 1 aliphatic heterocycles. The highest BCUT2D eigenvalue weighted by Gasteiger charge is 2.31. The molecule has 2 aromatic rings. The van der Waals surface area contributed by atoms with Gasteiger partial charge in [-0.2, -0.15) is 13.2 Å². The van der Waals surface area contributed by atoms with Gasteiger partial charge in [-0.15, -0.1) is 0 Å². The maximum absolute atomic E-state index is 12.9. The minimum Gasteiger partial charge on any atom is -0.360 e. The summed E-state index contributed by atoms with van der Waals surface area (Å²) in [5, 5.41) is 0. The predicted octanol–water partition coefficient (Wildman–Crippen LogP) is 3.04. The van der Waals surface area contributed by atoms with Crippen molar-refractivity contribution in [2.75, 3.05) is 31.1 Å². The van der Waals surface area contributed by atoms with Gasteiger partial charge in [0.25, 0.3) is 0 Å². The second kappa shape index (κ2) is 7.48. The van der Waals surface area contributed by atoms with Gasteiger partial charge in [0.15, 0.2) is 0 Å². The Morgan fingerprint density at radius 3 is 2.32 bits per heavy atom. The average molecular weight is 349 g/mol. The lowest BCUT2D eigenvalue weighted by atomic mass is 10.0. The average Bonchev–Trinajstić information content (AvgIpc) is 2.62. The zero-order valence-electron chi connectivity index (χ0n) is 14.4. The summed E-state index contributed by atoms with van der Waals surface area (Å²) in [6, 6.07) is 16.4. The van der Waals surface area contributed by atoms with Gasteiger partial charge in [0.2, 0.25) is 0 Å². The molecule has 5 heteroatoms. The molecule has 2 aromatic carbocycles. The van der Waals surface area contributed by atoms with Gasteiger partial charge in [-0.25, -0.2) is 0 Å². The molecule has 1 N–H and O–H groups in total. The number of nitrogens with one attached hydrogen (secondary N) is 1. The Labute approximate surface area is 146 Å². The van der Waals surface area contributed by atoms with E-state index in [2.05, 4.69) is 24.0 Å². The number of halogens is 3. The molecule has 134 valence electrons. The number of quaternary nitrogens is 1. The summed E-state index contributed by atoms with van der Waals surface area (Å²) in [6.07, 6.45) is -3.60. The maximum Gasteiger partial charge on any atom is 0.416 e. The van der Waals surface area contributed by atoms with Crippen molar-refractivity contribution in [3.8, 4) is 0 Å². The summed E-state index contributed by atoms with van der Waals surface area (Å²) < 4.78 is 38.6. The number of para-hydroxylation sites is 1. The highest BCUT2D eigenvalue weighted by Crippen LogP contribution is 2.29. The molecule has 3 rings (SSSR count). The quantitative estimate of drug-likeness (QED) is 0.892. The van der Waals surface area contributed by atoms with Crippen molar-refractivity contribution in [2.24, 2.45) is 0 Å². The monoisotopic (exact) mass is 349 g/mol. The molecule has 0 bridgehead atoms. The summed E-state index contributed by atoms with van der Waals surface area (Å²) in [5.41, 5.74) is 1.45. The molecule has 0 radical (unpaired) electrons. The van der Waals surface area contributed by atoms with E-state index in [1.54, 1.807) is 6.07 Å². The van der Waals surface area contributed by atoms with Crippen LogP contribution in [0.1, 0.15) is 18.1 Å². The summed E-state index contributed by atoms with van der Waals surface area (Å²) in [7, 11) is 0. The number of nitrogens with zero attached hydrogens (tertiary/aromatic N) is 1. The first kappa shape index (κ1) is 17.8. The van der Waals surface area contributed by atoms with E-state index in [9.17, 15) is 13.2 Å². The lowest BCUT2D eigenvalue weighted by molar-refractivity contribution is -0.923. The van der Waals surface area contributed by atoms with Gasteiger partial charge in [0.05, 0.1) is 37.8 Å². The van der Waals surface area contributed by atoms with E-state index >= 15 is 0 Å². The van der Waals surface area contributed by atoms with Gasteiger partial charge >= 0.3 is 6.18 Å². The van der Waals surface area contributed by atoms with E-state index in [-0.39, 0.29) is 0 Å². The van der Waals surface area contributed by atoms with Gasteiger partial charge in [-0.3, -0.25) is 0 Å². The van der Waals surface area contributed by atoms with Gasteiger partial charge < -0.3 is 9.80 Å². The van der Waals surface area contributed by atoms with E-state index in [4.69, 9.17) is 0 Å². The third kappa shape index (κ3) is 4.54. The van der Waals surface area contributed by atoms with E-state index in [1.807, 2.05) is 18.2 Å². The van der Waals surface area contributed by atoms with Crippen LogP contribution in [0.5, 0.6) is 0 Å². The Kier molecular flexibility index (Phi) is 5.33. The largest absolute Gasteiger partial charge is 0.416 e. The van der Waals surface area contributed by atoms with Crippen LogP contribution in [-0.4, -0.2) is 32.2 Å². The molecule has 0 aromatic heterocycles. The van der Waals surface area contributed by atoms with Crippen molar-refractivity contribution in [1.29, 1.82) is 0 Å². The van der Waals surface area contributed by atoms with Crippen molar-refractivity contribution in [1.82, 2.24) is 0 Å². The summed E-state index contributed by atoms with van der Waals surface area (Å²) in [4.78, 5) is 3.84. The number of hydrogen-bond acceptors (Lipinski definition) is 1. The molecule has 0 unspecified atom stereocenters. The number of anilines is 1. The molecule has 1 saturated heterocycles. The fourth-order valence-corrected chi connectivity index (χ4v) is 3.56. The van der Waals surface area contributed by atoms with Crippen LogP contribution in [0.15, 0.2) is 54.6 Å². The van der Waals surface area contributed by atoms with Gasteiger partial charge in [-0.05, 0) is 30.7 Å². The first-order valence-corrected chi connectivity index (χ1v) is 8.74. The molecular formula is C20H24F3N2+. The van der Waals surface area contributed by atoms with Crippen LogP contribution >= 0.6 is 0 Å². The number of benzene rings is 2. The van der Waals surface area contributed by atoms with Gasteiger partial charge in [-0.1, -0.05) is 36.4 Å². The Morgan fingerprint density at radius 1 is 1.00 bits per heavy atom.